The average Bonchev–Trinajstić information content (AvgIpc) is 2.30. The Hall–Kier alpha value is -1.60. The number of hydrogen-bond acceptors (Lipinski definition) is 2. The zero-order valence-corrected chi connectivity index (χ0v) is 10.3. The van der Waals surface area contributed by atoms with E-state index < -0.39 is 17.1 Å². The molecule has 0 fully saturated rings. The maximum absolute atomic E-state index is 13.5. The molecular formula is C12H12ClFN2O. The van der Waals surface area contributed by atoms with Gasteiger partial charge < -0.3 is 5.32 Å². The van der Waals surface area contributed by atoms with Crippen LogP contribution in [-0.4, -0.2) is 12.5 Å². The summed E-state index contributed by atoms with van der Waals surface area (Å²) in [4.78, 5) is 11.7. The second-order valence-corrected chi connectivity index (χ2v) is 4.69. The van der Waals surface area contributed by atoms with E-state index >= 15 is 0 Å². The van der Waals surface area contributed by atoms with Crippen LogP contribution in [0.5, 0.6) is 0 Å². The number of nitrogens with zero attached hydrogens (tertiary/aromatic N) is 1. The van der Waals surface area contributed by atoms with Gasteiger partial charge in [-0.1, -0.05) is 17.7 Å². The Morgan fingerprint density at radius 2 is 2.24 bits per heavy atom. The zero-order valence-electron chi connectivity index (χ0n) is 9.55. The number of rotatable bonds is 3. The number of benzene rings is 1. The van der Waals surface area contributed by atoms with Crippen LogP contribution in [0.3, 0.4) is 0 Å². The summed E-state index contributed by atoms with van der Waals surface area (Å²) in [5.74, 6) is -1.32. The van der Waals surface area contributed by atoms with Crippen molar-refractivity contribution in [3.8, 4) is 6.07 Å². The van der Waals surface area contributed by atoms with Crippen LogP contribution < -0.4 is 5.32 Å². The van der Waals surface area contributed by atoms with Gasteiger partial charge in [-0.2, -0.15) is 5.26 Å². The van der Waals surface area contributed by atoms with E-state index in [1.54, 1.807) is 13.8 Å². The van der Waals surface area contributed by atoms with Crippen LogP contribution in [0, 0.1) is 22.6 Å². The van der Waals surface area contributed by atoms with Crippen LogP contribution in [-0.2, 0) is 0 Å². The SMILES string of the molecule is CC(C)(C#N)CNC(=O)c1cccc(Cl)c1F. The Labute approximate surface area is 104 Å². The smallest absolute Gasteiger partial charge is 0.254 e. The van der Waals surface area contributed by atoms with Crippen molar-refractivity contribution in [1.29, 1.82) is 5.26 Å². The summed E-state index contributed by atoms with van der Waals surface area (Å²) in [5.41, 5.74) is -0.809. The summed E-state index contributed by atoms with van der Waals surface area (Å²) in [6.07, 6.45) is 0. The van der Waals surface area contributed by atoms with Crippen molar-refractivity contribution < 1.29 is 9.18 Å². The summed E-state index contributed by atoms with van der Waals surface area (Å²) in [6.45, 7) is 3.51. The van der Waals surface area contributed by atoms with Crippen molar-refractivity contribution in [1.82, 2.24) is 5.32 Å². The van der Waals surface area contributed by atoms with Gasteiger partial charge in [-0.3, -0.25) is 4.79 Å². The Morgan fingerprint density at radius 1 is 1.59 bits per heavy atom. The van der Waals surface area contributed by atoms with Crippen LogP contribution in [0.2, 0.25) is 5.02 Å². The molecule has 0 radical (unpaired) electrons. The van der Waals surface area contributed by atoms with E-state index in [0.29, 0.717) is 0 Å². The maximum atomic E-state index is 13.5. The lowest BCUT2D eigenvalue weighted by atomic mass is 9.96. The van der Waals surface area contributed by atoms with Gasteiger partial charge >= 0.3 is 0 Å². The van der Waals surface area contributed by atoms with E-state index in [-0.39, 0.29) is 17.1 Å². The van der Waals surface area contributed by atoms with Gasteiger partial charge in [0.05, 0.1) is 22.1 Å². The number of amides is 1. The van der Waals surface area contributed by atoms with Crippen LogP contribution in [0.25, 0.3) is 0 Å². The normalized spacial score (nSPS) is 10.8. The third kappa shape index (κ3) is 3.43. The quantitative estimate of drug-likeness (QED) is 0.902. The summed E-state index contributed by atoms with van der Waals surface area (Å²) < 4.78 is 13.5. The van der Waals surface area contributed by atoms with E-state index in [1.165, 1.54) is 18.2 Å². The van der Waals surface area contributed by atoms with E-state index in [4.69, 9.17) is 16.9 Å². The zero-order chi connectivity index (χ0) is 13.1. The Balaban J connectivity index is 2.79. The van der Waals surface area contributed by atoms with Gasteiger partial charge in [0.15, 0.2) is 5.82 Å². The summed E-state index contributed by atoms with van der Waals surface area (Å²) >= 11 is 5.57. The molecule has 0 atom stereocenters. The molecular weight excluding hydrogens is 243 g/mol. The van der Waals surface area contributed by atoms with Crippen molar-refractivity contribution in [3.63, 3.8) is 0 Å². The summed E-state index contributed by atoms with van der Waals surface area (Å²) in [5, 5.41) is 11.2. The topological polar surface area (TPSA) is 52.9 Å². The van der Waals surface area contributed by atoms with Gasteiger partial charge in [0.25, 0.3) is 5.91 Å². The Morgan fingerprint density at radius 3 is 2.82 bits per heavy atom. The van der Waals surface area contributed by atoms with Gasteiger partial charge in [0.1, 0.15) is 0 Å². The predicted molar refractivity (Wildman–Crippen MR) is 63.1 cm³/mol. The number of nitrogens with one attached hydrogen (secondary N) is 1. The molecule has 1 aromatic rings. The lowest BCUT2D eigenvalue weighted by molar-refractivity contribution is 0.0939. The van der Waals surface area contributed by atoms with E-state index in [0.717, 1.165) is 0 Å². The Kier molecular flexibility index (Phi) is 4.08. The van der Waals surface area contributed by atoms with Gasteiger partial charge in [0, 0.05) is 6.54 Å². The minimum Gasteiger partial charge on any atom is -0.350 e. The molecule has 0 aromatic heterocycles. The highest BCUT2D eigenvalue weighted by Crippen LogP contribution is 2.18. The number of carbonyl (C=O) groups excluding carboxylic acids is 1. The molecule has 17 heavy (non-hydrogen) atoms. The monoisotopic (exact) mass is 254 g/mol. The molecule has 0 aliphatic rings. The van der Waals surface area contributed by atoms with Crippen molar-refractivity contribution in [2.75, 3.05) is 6.54 Å². The van der Waals surface area contributed by atoms with Crippen LogP contribution in [0.4, 0.5) is 4.39 Å². The van der Waals surface area contributed by atoms with E-state index in [9.17, 15) is 9.18 Å². The Bertz CT molecular complexity index is 480. The van der Waals surface area contributed by atoms with Crippen molar-refractivity contribution >= 4 is 17.5 Å². The molecule has 0 unspecified atom stereocenters. The first-order chi connectivity index (χ1) is 7.87. The molecule has 0 saturated carbocycles. The lowest BCUT2D eigenvalue weighted by Gasteiger charge is -2.16. The van der Waals surface area contributed by atoms with Gasteiger partial charge in [-0.05, 0) is 26.0 Å². The van der Waals surface area contributed by atoms with Crippen molar-refractivity contribution in [2.45, 2.75) is 13.8 Å². The number of carbonyl (C=O) groups is 1. The fourth-order valence-electron chi connectivity index (χ4n) is 1.12. The van der Waals surface area contributed by atoms with E-state index in [1.807, 2.05) is 6.07 Å². The first-order valence-corrected chi connectivity index (χ1v) is 5.38. The molecule has 3 nitrogen and oxygen atoms in total. The van der Waals surface area contributed by atoms with Crippen molar-refractivity contribution in [3.05, 3.63) is 34.6 Å². The van der Waals surface area contributed by atoms with Gasteiger partial charge in [0.2, 0.25) is 0 Å². The van der Waals surface area contributed by atoms with Crippen molar-refractivity contribution in [2.24, 2.45) is 5.41 Å². The van der Waals surface area contributed by atoms with E-state index in [2.05, 4.69) is 5.32 Å². The molecule has 0 aliphatic carbocycles. The number of halogens is 2. The average molecular weight is 255 g/mol. The molecule has 1 amide bonds. The molecule has 5 heteroatoms. The summed E-state index contributed by atoms with van der Waals surface area (Å²) in [7, 11) is 0. The molecule has 0 bridgehead atoms. The molecule has 1 aromatic carbocycles. The highest BCUT2D eigenvalue weighted by Gasteiger charge is 2.20. The number of hydrogen-bond donors (Lipinski definition) is 1. The molecule has 0 aliphatic heterocycles. The summed E-state index contributed by atoms with van der Waals surface area (Å²) in [6, 6.07) is 6.25. The fourth-order valence-corrected chi connectivity index (χ4v) is 1.29. The highest BCUT2D eigenvalue weighted by atomic mass is 35.5. The first kappa shape index (κ1) is 13.5. The highest BCUT2D eigenvalue weighted by molar-refractivity contribution is 6.31. The molecule has 0 heterocycles. The fraction of sp³-hybridized carbons (Fsp3) is 0.333. The molecule has 0 spiro atoms. The second kappa shape index (κ2) is 5.15. The van der Waals surface area contributed by atoms with Gasteiger partial charge in [-0.25, -0.2) is 4.39 Å². The molecule has 0 saturated heterocycles. The predicted octanol–water partition coefficient (Wildman–Crippen LogP) is 2.76. The molecule has 90 valence electrons. The first-order valence-electron chi connectivity index (χ1n) is 5.01. The lowest BCUT2D eigenvalue weighted by Crippen LogP contribution is -2.33. The second-order valence-electron chi connectivity index (χ2n) is 4.28. The van der Waals surface area contributed by atoms with Crippen LogP contribution >= 0.6 is 11.6 Å². The third-order valence-electron chi connectivity index (χ3n) is 2.19. The number of nitriles is 1. The minimum atomic E-state index is -0.749. The van der Waals surface area contributed by atoms with Crippen LogP contribution in [0.1, 0.15) is 24.2 Å². The minimum absolute atomic E-state index is 0.0998. The van der Waals surface area contributed by atoms with Crippen LogP contribution in [0.15, 0.2) is 18.2 Å². The van der Waals surface area contributed by atoms with Gasteiger partial charge in [-0.15, -0.1) is 0 Å². The third-order valence-corrected chi connectivity index (χ3v) is 2.48. The molecule has 1 N–H and O–H groups in total. The largest absolute Gasteiger partial charge is 0.350 e. The maximum Gasteiger partial charge on any atom is 0.254 e. The molecule has 1 rings (SSSR count). The standard InChI is InChI=1S/C12H12ClFN2O/c1-12(2,6-15)7-16-11(17)8-4-3-5-9(13)10(8)14/h3-5H,7H2,1-2H3,(H,16,17).